The maximum Gasteiger partial charge on any atom is 0.146 e. The molecule has 0 fully saturated rings. The van der Waals surface area contributed by atoms with E-state index in [1.165, 1.54) is 0 Å². The van der Waals surface area contributed by atoms with E-state index >= 15 is 0 Å². The van der Waals surface area contributed by atoms with E-state index in [9.17, 15) is 0 Å². The van der Waals surface area contributed by atoms with Gasteiger partial charge < -0.3 is 4.74 Å². The Morgan fingerprint density at radius 3 is 2.76 bits per heavy atom. The van der Waals surface area contributed by atoms with E-state index in [1.807, 2.05) is 30.3 Å². The first-order valence-corrected chi connectivity index (χ1v) is 6.10. The zero-order chi connectivity index (χ0) is 11.7. The second kappa shape index (κ2) is 4.18. The van der Waals surface area contributed by atoms with Crippen LogP contribution in [0.25, 0.3) is 20.8 Å². The van der Waals surface area contributed by atoms with Gasteiger partial charge in [0, 0.05) is 5.56 Å². The van der Waals surface area contributed by atoms with Crippen molar-refractivity contribution in [1.82, 2.24) is 4.98 Å². The second-order valence-electron chi connectivity index (χ2n) is 3.62. The Morgan fingerprint density at radius 1 is 1.18 bits per heavy atom. The number of aromatic nitrogens is 1. The predicted molar refractivity (Wildman–Crippen MR) is 70.4 cm³/mol. The van der Waals surface area contributed by atoms with Crippen LogP contribution in [0.5, 0.6) is 5.75 Å². The first-order chi connectivity index (χ1) is 8.38. The molecule has 0 saturated heterocycles. The predicted octanol–water partition coefficient (Wildman–Crippen LogP) is 3.77. The first-order valence-electron chi connectivity index (χ1n) is 5.28. The molecule has 3 rings (SSSR count). The van der Waals surface area contributed by atoms with E-state index in [-0.39, 0.29) is 0 Å². The molecule has 1 radical (unpaired) electrons. The van der Waals surface area contributed by atoms with Gasteiger partial charge in [-0.1, -0.05) is 30.3 Å². The number of nitrogens with zero attached hydrogens (tertiary/aromatic N) is 1. The molecule has 0 amide bonds. The Balaban J connectivity index is 2.20. The fourth-order valence-corrected chi connectivity index (χ4v) is 2.70. The summed E-state index contributed by atoms with van der Waals surface area (Å²) >= 11 is 1.66. The van der Waals surface area contributed by atoms with E-state index in [4.69, 9.17) is 4.74 Å². The zero-order valence-corrected chi connectivity index (χ0v) is 10.1. The molecule has 83 valence electrons. The molecule has 0 aliphatic rings. The quantitative estimate of drug-likeness (QED) is 0.680. The van der Waals surface area contributed by atoms with Crippen molar-refractivity contribution in [2.24, 2.45) is 0 Å². The van der Waals surface area contributed by atoms with Crippen molar-refractivity contribution < 1.29 is 4.74 Å². The summed E-state index contributed by atoms with van der Waals surface area (Å²) < 4.78 is 6.39. The Kier molecular flexibility index (Phi) is 2.53. The lowest BCUT2D eigenvalue weighted by molar-refractivity contribution is 0.419. The molecule has 3 aromatic rings. The molecule has 0 aliphatic carbocycles. The lowest BCUT2D eigenvalue weighted by atomic mass is 10.2. The zero-order valence-electron chi connectivity index (χ0n) is 9.31. The molecule has 0 unspecified atom stereocenters. The number of hydrogen-bond donors (Lipinski definition) is 0. The summed E-state index contributed by atoms with van der Waals surface area (Å²) in [5, 5.41) is 1.01. The van der Waals surface area contributed by atoms with Crippen LogP contribution in [0.4, 0.5) is 0 Å². The van der Waals surface area contributed by atoms with Gasteiger partial charge in [-0.25, -0.2) is 4.98 Å². The lowest BCUT2D eigenvalue weighted by Gasteiger charge is -1.97. The molecule has 2 nitrogen and oxygen atoms in total. The molecular weight excluding hydrogens is 230 g/mol. The van der Waals surface area contributed by atoms with Crippen molar-refractivity contribution in [2.75, 3.05) is 7.11 Å². The summed E-state index contributed by atoms with van der Waals surface area (Å²) in [5.41, 5.74) is 2.05. The number of hydrogen-bond acceptors (Lipinski definition) is 3. The van der Waals surface area contributed by atoms with Gasteiger partial charge in [-0.05, 0) is 18.2 Å². The molecule has 2 aromatic carbocycles. The van der Waals surface area contributed by atoms with Crippen LogP contribution >= 0.6 is 11.3 Å². The van der Waals surface area contributed by atoms with Crippen molar-refractivity contribution in [3.05, 3.63) is 48.5 Å². The van der Waals surface area contributed by atoms with Crippen LogP contribution in [0.15, 0.2) is 42.5 Å². The average Bonchev–Trinajstić information content (AvgIpc) is 2.83. The first kappa shape index (κ1) is 10.3. The average molecular weight is 240 g/mol. The molecule has 0 saturated carbocycles. The molecule has 0 N–H and O–H groups in total. The molecule has 0 atom stereocenters. The normalized spacial score (nSPS) is 10.6. The summed E-state index contributed by atoms with van der Waals surface area (Å²) in [4.78, 5) is 4.63. The highest BCUT2D eigenvalue weighted by atomic mass is 32.1. The van der Waals surface area contributed by atoms with Crippen LogP contribution in [0.1, 0.15) is 0 Å². The van der Waals surface area contributed by atoms with Crippen molar-refractivity contribution in [2.45, 2.75) is 0 Å². The maximum atomic E-state index is 5.29. The van der Waals surface area contributed by atoms with E-state index < -0.39 is 0 Å². The van der Waals surface area contributed by atoms with Crippen LogP contribution in [0.3, 0.4) is 0 Å². The highest BCUT2D eigenvalue weighted by molar-refractivity contribution is 7.21. The van der Waals surface area contributed by atoms with Gasteiger partial charge in [-0.2, -0.15) is 0 Å². The van der Waals surface area contributed by atoms with Gasteiger partial charge in [-0.15, -0.1) is 11.3 Å². The van der Waals surface area contributed by atoms with Crippen LogP contribution in [0, 0.1) is 6.07 Å². The summed E-state index contributed by atoms with van der Waals surface area (Å²) in [7, 11) is 1.66. The number of methoxy groups -OCH3 is 1. The highest BCUT2D eigenvalue weighted by Crippen LogP contribution is 2.34. The number of fused-ring (bicyclic) bond motifs is 1. The largest absolute Gasteiger partial charge is 0.494 e. The van der Waals surface area contributed by atoms with E-state index in [0.717, 1.165) is 26.5 Å². The van der Waals surface area contributed by atoms with Gasteiger partial charge in [0.1, 0.15) is 16.3 Å². The maximum absolute atomic E-state index is 5.29. The fourth-order valence-electron chi connectivity index (χ4n) is 1.73. The van der Waals surface area contributed by atoms with Gasteiger partial charge in [0.2, 0.25) is 0 Å². The standard InChI is InChI=1S/C14H10NOS/c1-16-11-8-5-9-12-13(11)15-14(17-12)10-6-3-2-4-7-10/h2-4,6-9H,1H3. The SMILES string of the molecule is COc1c[c]cc2sc(-c3ccccc3)nc12. The van der Waals surface area contributed by atoms with Gasteiger partial charge in [0.15, 0.2) is 0 Å². The fraction of sp³-hybridized carbons (Fsp3) is 0.0714. The van der Waals surface area contributed by atoms with Gasteiger partial charge in [0.05, 0.1) is 11.8 Å². The van der Waals surface area contributed by atoms with Gasteiger partial charge >= 0.3 is 0 Å². The van der Waals surface area contributed by atoms with E-state index in [2.05, 4.69) is 23.2 Å². The molecule has 0 aliphatic heterocycles. The topological polar surface area (TPSA) is 22.1 Å². The van der Waals surface area contributed by atoms with Crippen molar-refractivity contribution in [3.8, 4) is 16.3 Å². The van der Waals surface area contributed by atoms with Crippen LogP contribution in [0.2, 0.25) is 0 Å². The molecule has 17 heavy (non-hydrogen) atoms. The van der Waals surface area contributed by atoms with E-state index in [1.54, 1.807) is 18.4 Å². The third-order valence-corrected chi connectivity index (χ3v) is 3.61. The van der Waals surface area contributed by atoms with Crippen molar-refractivity contribution >= 4 is 21.6 Å². The number of rotatable bonds is 2. The lowest BCUT2D eigenvalue weighted by Crippen LogP contribution is -1.83. The Labute approximate surface area is 104 Å². The van der Waals surface area contributed by atoms with Crippen molar-refractivity contribution in [3.63, 3.8) is 0 Å². The molecule has 3 heteroatoms. The minimum absolute atomic E-state index is 0.779. The highest BCUT2D eigenvalue weighted by Gasteiger charge is 2.09. The Morgan fingerprint density at radius 2 is 2.00 bits per heavy atom. The van der Waals surface area contributed by atoms with Crippen LogP contribution < -0.4 is 4.74 Å². The summed E-state index contributed by atoms with van der Waals surface area (Å²) in [6.07, 6.45) is 0. The van der Waals surface area contributed by atoms with Gasteiger partial charge in [-0.3, -0.25) is 0 Å². The minimum Gasteiger partial charge on any atom is -0.494 e. The summed E-state index contributed by atoms with van der Waals surface area (Å²) in [6.45, 7) is 0. The van der Waals surface area contributed by atoms with Crippen LogP contribution in [-0.2, 0) is 0 Å². The van der Waals surface area contributed by atoms with Crippen LogP contribution in [-0.4, -0.2) is 12.1 Å². The van der Waals surface area contributed by atoms with Crippen molar-refractivity contribution in [1.29, 1.82) is 0 Å². The Bertz CT molecular complexity index is 646. The second-order valence-corrected chi connectivity index (χ2v) is 4.65. The minimum atomic E-state index is 0.779. The molecular formula is C14H10NOS. The summed E-state index contributed by atoms with van der Waals surface area (Å²) in [6, 6.07) is 17.0. The monoisotopic (exact) mass is 240 g/mol. The molecule has 0 bridgehead atoms. The number of ether oxygens (including phenoxy) is 1. The van der Waals surface area contributed by atoms with Gasteiger partial charge in [0.25, 0.3) is 0 Å². The smallest absolute Gasteiger partial charge is 0.146 e. The molecule has 0 spiro atoms. The third-order valence-electron chi connectivity index (χ3n) is 2.56. The third kappa shape index (κ3) is 1.78. The number of benzene rings is 2. The molecule has 1 heterocycles. The summed E-state index contributed by atoms with van der Waals surface area (Å²) in [5.74, 6) is 0.779. The molecule has 1 aromatic heterocycles. The number of thiazole rings is 1. The van der Waals surface area contributed by atoms with E-state index in [0.29, 0.717) is 0 Å². The Hall–Kier alpha value is -1.87.